The van der Waals surface area contributed by atoms with Crippen molar-refractivity contribution in [2.45, 2.75) is 25.1 Å². The molecule has 0 aromatic rings. The quantitative estimate of drug-likeness (QED) is 0.662. The van der Waals surface area contributed by atoms with Gasteiger partial charge in [-0.1, -0.05) is 12.2 Å². The molecule has 0 aromatic carbocycles. The summed E-state index contributed by atoms with van der Waals surface area (Å²) in [5.74, 6) is -3.82. The maximum Gasteiger partial charge on any atom is 0.416 e. The van der Waals surface area contributed by atoms with E-state index in [2.05, 4.69) is 0 Å². The first kappa shape index (κ1) is 15.5. The summed E-state index contributed by atoms with van der Waals surface area (Å²) < 4.78 is 36.1. The van der Waals surface area contributed by atoms with Gasteiger partial charge in [0.05, 0.1) is 18.4 Å². The fourth-order valence-corrected chi connectivity index (χ4v) is 1.82. The van der Waals surface area contributed by atoms with Crippen LogP contribution in [0.3, 0.4) is 0 Å². The van der Waals surface area contributed by atoms with E-state index in [-0.39, 0.29) is 12.8 Å². The van der Waals surface area contributed by atoms with E-state index in [1.54, 1.807) is 12.2 Å². The lowest BCUT2D eigenvalue weighted by molar-refractivity contribution is -0.202. The first-order chi connectivity index (χ1) is 8.73. The molecule has 1 unspecified atom stereocenters. The van der Waals surface area contributed by atoms with E-state index in [1.807, 2.05) is 5.32 Å². The molecule has 0 aromatic heterocycles. The van der Waals surface area contributed by atoms with Crippen molar-refractivity contribution in [1.82, 2.24) is 5.32 Å². The molecule has 0 radical (unpaired) electrons. The van der Waals surface area contributed by atoms with Gasteiger partial charge in [0, 0.05) is 0 Å². The Balaban J connectivity index is 2.57. The third-order valence-electron chi connectivity index (χ3n) is 2.93. The lowest BCUT2D eigenvalue weighted by Crippen LogP contribution is -2.45. The van der Waals surface area contributed by atoms with Crippen LogP contribution < -0.4 is 5.32 Å². The fraction of sp³-hybridized carbons (Fsp3) is 0.636. The Kier molecular flexibility index (Phi) is 4.93. The summed E-state index contributed by atoms with van der Waals surface area (Å²) in [7, 11) is 0. The number of alkyl halides is 3. The smallest absolute Gasteiger partial charge is 0.416 e. The topological polar surface area (TPSA) is 86.6 Å². The predicted octanol–water partition coefficient (Wildman–Crippen LogP) is 0.693. The van der Waals surface area contributed by atoms with Crippen molar-refractivity contribution in [2.24, 2.45) is 11.8 Å². The highest BCUT2D eigenvalue weighted by atomic mass is 19.4. The van der Waals surface area contributed by atoms with E-state index in [0.29, 0.717) is 0 Å². The summed E-state index contributed by atoms with van der Waals surface area (Å²) >= 11 is 0. The summed E-state index contributed by atoms with van der Waals surface area (Å²) in [5.41, 5.74) is 0. The van der Waals surface area contributed by atoms with Gasteiger partial charge in [-0.3, -0.25) is 9.59 Å². The minimum Gasteiger partial charge on any atom is -0.481 e. The van der Waals surface area contributed by atoms with Crippen molar-refractivity contribution in [1.29, 1.82) is 0 Å². The summed E-state index contributed by atoms with van der Waals surface area (Å²) in [6.45, 7) is -0.977. The number of carbonyl (C=O) groups excluding carboxylic acids is 1. The number of hydrogen-bond acceptors (Lipinski definition) is 3. The van der Waals surface area contributed by atoms with Crippen LogP contribution in [-0.4, -0.2) is 40.9 Å². The van der Waals surface area contributed by atoms with E-state index in [1.165, 1.54) is 0 Å². The molecule has 19 heavy (non-hydrogen) atoms. The number of halogens is 3. The normalized spacial score (nSPS) is 24.8. The molecule has 0 saturated carbocycles. The standard InChI is InChI=1S/C11H14F3NO4/c12-11(13,14)8(16)5-15-9(17)6-3-1-2-4-7(6)10(18)19/h1-2,6-8,16H,3-5H2,(H,15,17)(H,18,19)/t6-,7+,8?/m1/s1. The number of aliphatic hydroxyl groups is 1. The molecule has 0 heterocycles. The Morgan fingerprint density at radius 2 is 1.79 bits per heavy atom. The van der Waals surface area contributed by atoms with Gasteiger partial charge in [-0.05, 0) is 12.8 Å². The highest BCUT2D eigenvalue weighted by Crippen LogP contribution is 2.26. The van der Waals surface area contributed by atoms with Crippen LogP contribution in [0, 0.1) is 11.8 Å². The summed E-state index contributed by atoms with van der Waals surface area (Å²) in [6, 6.07) is 0. The van der Waals surface area contributed by atoms with Crippen LogP contribution >= 0.6 is 0 Å². The van der Waals surface area contributed by atoms with E-state index in [9.17, 15) is 22.8 Å². The third-order valence-corrected chi connectivity index (χ3v) is 2.93. The highest BCUT2D eigenvalue weighted by Gasteiger charge is 2.39. The van der Waals surface area contributed by atoms with Crippen molar-refractivity contribution in [3.63, 3.8) is 0 Å². The van der Waals surface area contributed by atoms with Crippen LogP contribution in [0.2, 0.25) is 0 Å². The molecule has 1 aliphatic rings. The monoisotopic (exact) mass is 281 g/mol. The van der Waals surface area contributed by atoms with Gasteiger partial charge in [-0.15, -0.1) is 0 Å². The number of amides is 1. The number of hydrogen-bond donors (Lipinski definition) is 3. The Labute approximate surface area is 107 Å². The van der Waals surface area contributed by atoms with E-state index < -0.39 is 42.5 Å². The number of carbonyl (C=O) groups is 2. The van der Waals surface area contributed by atoms with Crippen LogP contribution in [-0.2, 0) is 9.59 Å². The number of aliphatic hydroxyl groups excluding tert-OH is 1. The van der Waals surface area contributed by atoms with Crippen molar-refractivity contribution >= 4 is 11.9 Å². The number of allylic oxidation sites excluding steroid dienone is 2. The number of carboxylic acid groups (broad SMARTS) is 1. The molecule has 108 valence electrons. The van der Waals surface area contributed by atoms with Crippen LogP contribution in [0.25, 0.3) is 0 Å². The number of aliphatic carboxylic acids is 1. The highest BCUT2D eigenvalue weighted by molar-refractivity contribution is 5.85. The van der Waals surface area contributed by atoms with Crippen molar-refractivity contribution in [3.8, 4) is 0 Å². The lowest BCUT2D eigenvalue weighted by atomic mass is 9.82. The molecular weight excluding hydrogens is 267 g/mol. The van der Waals surface area contributed by atoms with Gasteiger partial charge in [0.25, 0.3) is 0 Å². The van der Waals surface area contributed by atoms with Crippen LogP contribution in [0.4, 0.5) is 13.2 Å². The van der Waals surface area contributed by atoms with Gasteiger partial charge >= 0.3 is 12.1 Å². The van der Waals surface area contributed by atoms with Crippen molar-refractivity contribution in [2.75, 3.05) is 6.54 Å². The second kappa shape index (κ2) is 6.05. The Morgan fingerprint density at radius 3 is 2.26 bits per heavy atom. The lowest BCUT2D eigenvalue weighted by Gasteiger charge is -2.25. The van der Waals surface area contributed by atoms with Crippen LogP contribution in [0.15, 0.2) is 12.2 Å². The number of rotatable bonds is 4. The maximum atomic E-state index is 12.0. The van der Waals surface area contributed by atoms with E-state index in [4.69, 9.17) is 10.2 Å². The van der Waals surface area contributed by atoms with Crippen LogP contribution in [0.5, 0.6) is 0 Å². The molecular formula is C11H14F3NO4. The molecule has 0 saturated heterocycles. The zero-order chi connectivity index (χ0) is 14.6. The molecule has 3 N–H and O–H groups in total. The van der Waals surface area contributed by atoms with E-state index >= 15 is 0 Å². The second-order valence-corrected chi connectivity index (χ2v) is 4.30. The van der Waals surface area contributed by atoms with Gasteiger partial charge in [0.1, 0.15) is 0 Å². The predicted molar refractivity (Wildman–Crippen MR) is 58.1 cm³/mol. The Hall–Kier alpha value is -1.57. The minimum atomic E-state index is -4.81. The maximum absolute atomic E-state index is 12.0. The molecule has 0 bridgehead atoms. The third kappa shape index (κ3) is 4.23. The van der Waals surface area contributed by atoms with Crippen LogP contribution in [0.1, 0.15) is 12.8 Å². The molecule has 3 atom stereocenters. The Bertz CT molecular complexity index is 381. The summed E-state index contributed by atoms with van der Waals surface area (Å²) in [5, 5.41) is 19.6. The molecule has 5 nitrogen and oxygen atoms in total. The fourth-order valence-electron chi connectivity index (χ4n) is 1.82. The summed E-state index contributed by atoms with van der Waals surface area (Å²) in [4.78, 5) is 22.6. The molecule has 1 aliphatic carbocycles. The number of carboxylic acids is 1. The SMILES string of the molecule is O=C(O)[C@H]1CC=CC[C@H]1C(=O)NCC(O)C(F)(F)F. The Morgan fingerprint density at radius 1 is 1.26 bits per heavy atom. The molecule has 0 fully saturated rings. The second-order valence-electron chi connectivity index (χ2n) is 4.30. The zero-order valence-corrected chi connectivity index (χ0v) is 9.85. The van der Waals surface area contributed by atoms with Gasteiger partial charge in [-0.25, -0.2) is 0 Å². The molecule has 0 spiro atoms. The zero-order valence-electron chi connectivity index (χ0n) is 9.85. The van der Waals surface area contributed by atoms with Gasteiger partial charge in [-0.2, -0.15) is 13.2 Å². The molecule has 8 heteroatoms. The largest absolute Gasteiger partial charge is 0.481 e. The van der Waals surface area contributed by atoms with Gasteiger partial charge in [0.15, 0.2) is 6.10 Å². The minimum absolute atomic E-state index is 0.158. The molecule has 0 aliphatic heterocycles. The first-order valence-corrected chi connectivity index (χ1v) is 5.63. The van der Waals surface area contributed by atoms with Gasteiger partial charge in [0.2, 0.25) is 5.91 Å². The first-order valence-electron chi connectivity index (χ1n) is 5.63. The summed E-state index contributed by atoms with van der Waals surface area (Å²) in [6.07, 6.45) is -3.91. The average molecular weight is 281 g/mol. The average Bonchev–Trinajstić information content (AvgIpc) is 2.34. The van der Waals surface area contributed by atoms with E-state index in [0.717, 1.165) is 0 Å². The van der Waals surface area contributed by atoms with Crippen molar-refractivity contribution < 1.29 is 33.0 Å². The number of nitrogens with one attached hydrogen (secondary N) is 1. The van der Waals surface area contributed by atoms with Gasteiger partial charge < -0.3 is 15.5 Å². The van der Waals surface area contributed by atoms with Crippen molar-refractivity contribution in [3.05, 3.63) is 12.2 Å². The molecule has 1 rings (SSSR count). The molecule has 1 amide bonds.